The Morgan fingerprint density at radius 1 is 1.20 bits per heavy atom. The molecule has 1 aliphatic heterocycles. The van der Waals surface area contributed by atoms with E-state index in [2.05, 4.69) is 20.4 Å². The highest BCUT2D eigenvalue weighted by Gasteiger charge is 2.33. The summed E-state index contributed by atoms with van der Waals surface area (Å²) in [6.45, 7) is 3.69. The molecule has 160 valence electrons. The second-order valence-corrected chi connectivity index (χ2v) is 7.74. The van der Waals surface area contributed by atoms with Crippen LogP contribution in [0.1, 0.15) is 24.0 Å². The summed E-state index contributed by atoms with van der Waals surface area (Å²) in [6.07, 6.45) is -0.992. The number of aromatic nitrogens is 3. The second-order valence-electron chi connectivity index (χ2n) is 7.74. The van der Waals surface area contributed by atoms with Crippen molar-refractivity contribution in [2.45, 2.75) is 32.0 Å². The molecule has 2 N–H and O–H groups in total. The second kappa shape index (κ2) is 7.42. The minimum absolute atomic E-state index is 0.0295. The maximum absolute atomic E-state index is 14.6. The van der Waals surface area contributed by atoms with Gasteiger partial charge in [-0.1, -0.05) is 0 Å². The van der Waals surface area contributed by atoms with Crippen LogP contribution in [0.3, 0.4) is 0 Å². The summed E-state index contributed by atoms with van der Waals surface area (Å²) < 4.78 is 55.1. The van der Waals surface area contributed by atoms with E-state index >= 15 is 0 Å². The predicted octanol–water partition coefficient (Wildman–Crippen LogP) is 4.07. The zero-order chi connectivity index (χ0) is 21.6. The summed E-state index contributed by atoms with van der Waals surface area (Å²) in [6, 6.07) is 2.73. The molecule has 6 nitrogen and oxygen atoms in total. The zero-order valence-corrected chi connectivity index (χ0v) is 16.5. The molecule has 1 fully saturated rings. The van der Waals surface area contributed by atoms with Crippen molar-refractivity contribution in [1.29, 1.82) is 0 Å². The molecule has 0 amide bonds. The van der Waals surface area contributed by atoms with E-state index in [4.69, 9.17) is 0 Å². The van der Waals surface area contributed by atoms with Crippen molar-refractivity contribution in [2.24, 2.45) is 0 Å². The van der Waals surface area contributed by atoms with Gasteiger partial charge in [0.15, 0.2) is 0 Å². The van der Waals surface area contributed by atoms with Crippen LogP contribution in [0.4, 0.5) is 23.5 Å². The predicted molar refractivity (Wildman–Crippen MR) is 104 cm³/mol. The van der Waals surface area contributed by atoms with Gasteiger partial charge in [0.05, 0.1) is 16.6 Å². The van der Waals surface area contributed by atoms with E-state index in [9.17, 15) is 22.7 Å². The lowest BCUT2D eigenvalue weighted by Crippen LogP contribution is -2.40. The summed E-state index contributed by atoms with van der Waals surface area (Å²) >= 11 is 0. The number of hydrogen-bond donors (Lipinski definition) is 2. The number of aromatic hydroxyl groups is 1. The van der Waals surface area contributed by atoms with Crippen LogP contribution in [0, 0.1) is 12.7 Å². The fourth-order valence-electron chi connectivity index (χ4n) is 3.88. The number of benzene rings is 1. The fraction of sp³-hybridized carbons (Fsp3) is 0.400. The molecule has 2 aromatic heterocycles. The number of nitrogens with zero attached hydrogens (tertiary/aromatic N) is 4. The highest BCUT2D eigenvalue weighted by Crippen LogP contribution is 2.39. The van der Waals surface area contributed by atoms with E-state index in [1.54, 1.807) is 16.7 Å². The van der Waals surface area contributed by atoms with Crippen LogP contribution in [-0.4, -0.2) is 50.8 Å². The van der Waals surface area contributed by atoms with Gasteiger partial charge in [-0.15, -0.1) is 10.2 Å². The SMILES string of the molecule is Cc1cc2c(-c3c(O)cc(C(F)(F)F)cc3F)nnc(N[C@@H]3CCCN(C)C3)n2c1. The third-order valence-electron chi connectivity index (χ3n) is 5.26. The van der Waals surface area contributed by atoms with E-state index in [1.807, 2.05) is 14.0 Å². The van der Waals surface area contributed by atoms with E-state index in [0.29, 0.717) is 23.6 Å². The summed E-state index contributed by atoms with van der Waals surface area (Å²) in [5.41, 5.74) is -0.443. The zero-order valence-electron chi connectivity index (χ0n) is 16.5. The molecule has 10 heteroatoms. The van der Waals surface area contributed by atoms with Gasteiger partial charge in [0.25, 0.3) is 0 Å². The molecule has 0 spiro atoms. The molecule has 1 atom stereocenters. The molecule has 1 aromatic carbocycles. The van der Waals surface area contributed by atoms with Gasteiger partial charge in [-0.05, 0) is 57.1 Å². The Hall–Kier alpha value is -2.88. The molecule has 4 rings (SSSR count). The maximum atomic E-state index is 14.6. The monoisotopic (exact) mass is 423 g/mol. The van der Waals surface area contributed by atoms with Crippen molar-refractivity contribution in [2.75, 3.05) is 25.5 Å². The van der Waals surface area contributed by atoms with Crippen LogP contribution < -0.4 is 5.32 Å². The number of hydrogen-bond acceptors (Lipinski definition) is 5. The van der Waals surface area contributed by atoms with E-state index < -0.39 is 28.9 Å². The Balaban J connectivity index is 1.79. The Bertz CT molecular complexity index is 1070. The first-order chi connectivity index (χ1) is 14.1. The molecule has 3 heterocycles. The lowest BCUT2D eigenvalue weighted by molar-refractivity contribution is -0.137. The normalized spacial score (nSPS) is 18.1. The summed E-state index contributed by atoms with van der Waals surface area (Å²) in [7, 11) is 2.04. The number of piperidine rings is 1. The number of nitrogens with one attached hydrogen (secondary N) is 1. The number of alkyl halides is 3. The van der Waals surface area contributed by atoms with Crippen molar-refractivity contribution in [1.82, 2.24) is 19.5 Å². The van der Waals surface area contributed by atoms with E-state index in [0.717, 1.165) is 31.5 Å². The number of likely N-dealkylation sites (tertiary alicyclic amines) is 1. The van der Waals surface area contributed by atoms with Crippen LogP contribution >= 0.6 is 0 Å². The number of aryl methyl sites for hydroxylation is 1. The van der Waals surface area contributed by atoms with Gasteiger partial charge in [0.2, 0.25) is 5.95 Å². The molecule has 3 aromatic rings. The molecular weight excluding hydrogens is 402 g/mol. The van der Waals surface area contributed by atoms with Gasteiger partial charge in [0.1, 0.15) is 17.3 Å². The average molecular weight is 423 g/mol. The van der Waals surface area contributed by atoms with Crippen molar-refractivity contribution in [3.63, 3.8) is 0 Å². The van der Waals surface area contributed by atoms with Crippen LogP contribution in [0.5, 0.6) is 5.75 Å². The highest BCUT2D eigenvalue weighted by atomic mass is 19.4. The lowest BCUT2D eigenvalue weighted by atomic mass is 10.1. The molecule has 1 saturated heterocycles. The van der Waals surface area contributed by atoms with Gasteiger partial charge >= 0.3 is 6.18 Å². The topological polar surface area (TPSA) is 65.7 Å². The van der Waals surface area contributed by atoms with E-state index in [-0.39, 0.29) is 11.7 Å². The Labute approximate surface area is 170 Å². The summed E-state index contributed by atoms with van der Waals surface area (Å²) in [5.74, 6) is -1.60. The molecule has 0 unspecified atom stereocenters. The molecule has 0 bridgehead atoms. The number of anilines is 1. The van der Waals surface area contributed by atoms with Crippen molar-refractivity contribution in [3.05, 3.63) is 41.3 Å². The number of halogens is 4. The molecular formula is C20H21F4N5O. The largest absolute Gasteiger partial charge is 0.507 e. The smallest absolute Gasteiger partial charge is 0.416 e. The van der Waals surface area contributed by atoms with Crippen LogP contribution in [0.2, 0.25) is 0 Å². The average Bonchev–Trinajstić information content (AvgIpc) is 3.04. The number of fused-ring (bicyclic) bond motifs is 1. The lowest BCUT2D eigenvalue weighted by Gasteiger charge is -2.30. The Morgan fingerprint density at radius 2 is 1.97 bits per heavy atom. The van der Waals surface area contributed by atoms with Gasteiger partial charge in [-0.2, -0.15) is 13.2 Å². The Kier molecular flexibility index (Phi) is 5.05. The minimum atomic E-state index is -4.77. The molecule has 0 aliphatic carbocycles. The third-order valence-corrected chi connectivity index (χ3v) is 5.26. The maximum Gasteiger partial charge on any atom is 0.416 e. The number of rotatable bonds is 3. The number of phenolic OH excluding ortho intramolecular Hbond substituents is 1. The van der Waals surface area contributed by atoms with Crippen LogP contribution in [-0.2, 0) is 6.18 Å². The number of likely N-dealkylation sites (N-methyl/N-ethyl adjacent to an activating group) is 1. The van der Waals surface area contributed by atoms with Gasteiger partial charge in [-0.25, -0.2) is 4.39 Å². The van der Waals surface area contributed by atoms with E-state index in [1.165, 1.54) is 0 Å². The third kappa shape index (κ3) is 3.79. The molecule has 0 saturated carbocycles. The van der Waals surface area contributed by atoms with Gasteiger partial charge in [0, 0.05) is 18.8 Å². The first-order valence-electron chi connectivity index (χ1n) is 9.54. The van der Waals surface area contributed by atoms with Gasteiger partial charge < -0.3 is 15.3 Å². The van der Waals surface area contributed by atoms with Gasteiger partial charge in [-0.3, -0.25) is 4.40 Å². The molecule has 30 heavy (non-hydrogen) atoms. The number of phenols is 1. The van der Waals surface area contributed by atoms with Crippen LogP contribution in [0.15, 0.2) is 24.4 Å². The summed E-state index contributed by atoms with van der Waals surface area (Å²) in [4.78, 5) is 2.21. The Morgan fingerprint density at radius 3 is 2.63 bits per heavy atom. The minimum Gasteiger partial charge on any atom is -0.507 e. The van der Waals surface area contributed by atoms with Crippen LogP contribution in [0.25, 0.3) is 16.8 Å². The standard InChI is InChI=1S/C20H21F4N5O/c1-11-6-15-18(17-14(21)7-12(8-16(17)30)20(22,23)24)26-27-19(29(15)9-11)25-13-4-3-5-28(2)10-13/h6-9,13,30H,3-5,10H2,1-2H3,(H,25,27)/t13-/m1/s1. The molecule has 1 aliphatic rings. The highest BCUT2D eigenvalue weighted by molar-refractivity contribution is 5.82. The summed E-state index contributed by atoms with van der Waals surface area (Å²) in [5, 5.41) is 21.7. The first kappa shape index (κ1) is 20.4. The quantitative estimate of drug-likeness (QED) is 0.622. The van der Waals surface area contributed by atoms with Crippen molar-refractivity contribution in [3.8, 4) is 17.0 Å². The van der Waals surface area contributed by atoms with Crippen molar-refractivity contribution >= 4 is 11.5 Å². The molecule has 0 radical (unpaired) electrons. The fourth-order valence-corrected chi connectivity index (χ4v) is 3.88. The van der Waals surface area contributed by atoms with Crippen molar-refractivity contribution < 1.29 is 22.7 Å². The first-order valence-corrected chi connectivity index (χ1v) is 9.54.